The van der Waals surface area contributed by atoms with Crippen molar-refractivity contribution >= 4 is 0 Å². The van der Waals surface area contributed by atoms with Crippen LogP contribution < -0.4 is 4.74 Å². The van der Waals surface area contributed by atoms with E-state index in [0.29, 0.717) is 12.2 Å². The average molecular weight is 261 g/mol. The van der Waals surface area contributed by atoms with Crippen molar-refractivity contribution in [2.24, 2.45) is 0 Å². The highest BCUT2D eigenvalue weighted by Gasteiger charge is 2.09. The smallest absolute Gasteiger partial charge is 0.139 e. The zero-order valence-corrected chi connectivity index (χ0v) is 10.9. The number of benzene rings is 1. The van der Waals surface area contributed by atoms with E-state index in [2.05, 4.69) is 10.8 Å². The standard InChI is InChI=1S/C15H19NO3/c1-2-15(17)13-3-5-14(6-4-13)19-12-9-16-7-10-18-11-8-16/h1,3-6,15,17H,7-12H2. The van der Waals surface area contributed by atoms with Crippen molar-refractivity contribution in [2.45, 2.75) is 6.10 Å². The maximum absolute atomic E-state index is 9.47. The predicted octanol–water partition coefficient (Wildman–Crippen LogP) is 1.06. The van der Waals surface area contributed by atoms with Gasteiger partial charge in [0.1, 0.15) is 18.5 Å². The lowest BCUT2D eigenvalue weighted by Gasteiger charge is -2.26. The third-order valence-electron chi connectivity index (χ3n) is 3.13. The fourth-order valence-electron chi connectivity index (χ4n) is 1.96. The fourth-order valence-corrected chi connectivity index (χ4v) is 1.96. The minimum absolute atomic E-state index is 0.650. The van der Waals surface area contributed by atoms with Crippen molar-refractivity contribution in [3.8, 4) is 18.1 Å². The van der Waals surface area contributed by atoms with Crippen LogP contribution in [0.4, 0.5) is 0 Å². The molecule has 2 rings (SSSR count). The number of morpholine rings is 1. The molecule has 1 atom stereocenters. The molecule has 0 saturated carbocycles. The monoisotopic (exact) mass is 261 g/mol. The summed E-state index contributed by atoms with van der Waals surface area (Å²) in [6.45, 7) is 5.10. The van der Waals surface area contributed by atoms with Gasteiger partial charge in [0.15, 0.2) is 0 Å². The van der Waals surface area contributed by atoms with Gasteiger partial charge < -0.3 is 14.6 Å². The predicted molar refractivity (Wildman–Crippen MR) is 73.0 cm³/mol. The van der Waals surface area contributed by atoms with Crippen LogP contribution in [0.15, 0.2) is 24.3 Å². The van der Waals surface area contributed by atoms with E-state index in [1.807, 2.05) is 12.1 Å². The van der Waals surface area contributed by atoms with Gasteiger partial charge in [-0.1, -0.05) is 18.1 Å². The van der Waals surface area contributed by atoms with Crippen LogP contribution in [0.3, 0.4) is 0 Å². The zero-order valence-electron chi connectivity index (χ0n) is 10.9. The lowest BCUT2D eigenvalue weighted by molar-refractivity contribution is 0.0322. The zero-order chi connectivity index (χ0) is 13.5. The molecule has 0 aliphatic carbocycles. The van der Waals surface area contributed by atoms with E-state index < -0.39 is 6.10 Å². The van der Waals surface area contributed by atoms with Crippen LogP contribution in [0.2, 0.25) is 0 Å². The fraction of sp³-hybridized carbons (Fsp3) is 0.467. The normalized spacial score (nSPS) is 17.7. The molecule has 4 heteroatoms. The summed E-state index contributed by atoms with van der Waals surface area (Å²) in [5.41, 5.74) is 0.711. The van der Waals surface area contributed by atoms with E-state index in [4.69, 9.17) is 15.9 Å². The van der Waals surface area contributed by atoms with Crippen LogP contribution >= 0.6 is 0 Å². The summed E-state index contributed by atoms with van der Waals surface area (Å²) in [6.07, 6.45) is 4.31. The van der Waals surface area contributed by atoms with Gasteiger partial charge in [-0.25, -0.2) is 0 Å². The first-order chi connectivity index (χ1) is 9.29. The lowest BCUT2D eigenvalue weighted by Crippen LogP contribution is -2.38. The summed E-state index contributed by atoms with van der Waals surface area (Å²) in [7, 11) is 0. The van der Waals surface area contributed by atoms with Crippen LogP contribution in [-0.2, 0) is 4.74 Å². The second-order valence-electron chi connectivity index (χ2n) is 4.44. The van der Waals surface area contributed by atoms with Gasteiger partial charge in [0.25, 0.3) is 0 Å². The van der Waals surface area contributed by atoms with Crippen molar-refractivity contribution in [3.05, 3.63) is 29.8 Å². The summed E-state index contributed by atoms with van der Waals surface area (Å²) in [5, 5.41) is 9.47. The Kier molecular flexibility index (Phi) is 5.22. The second-order valence-corrected chi connectivity index (χ2v) is 4.44. The Bertz CT molecular complexity index is 418. The van der Waals surface area contributed by atoms with Crippen LogP contribution in [0, 0.1) is 12.3 Å². The van der Waals surface area contributed by atoms with Gasteiger partial charge in [-0.15, -0.1) is 6.42 Å². The van der Waals surface area contributed by atoms with Gasteiger partial charge in [0, 0.05) is 19.6 Å². The topological polar surface area (TPSA) is 41.9 Å². The number of ether oxygens (including phenoxy) is 2. The first kappa shape index (κ1) is 13.9. The third kappa shape index (κ3) is 4.25. The van der Waals surface area contributed by atoms with Crippen molar-refractivity contribution in [3.63, 3.8) is 0 Å². The first-order valence-electron chi connectivity index (χ1n) is 6.46. The summed E-state index contributed by atoms with van der Waals surface area (Å²) in [4.78, 5) is 2.32. The Hall–Kier alpha value is -1.54. The van der Waals surface area contributed by atoms with Crippen LogP contribution in [0.25, 0.3) is 0 Å². The number of hydrogen-bond acceptors (Lipinski definition) is 4. The number of aliphatic hydroxyl groups excluding tert-OH is 1. The average Bonchev–Trinajstić information content (AvgIpc) is 2.48. The maximum Gasteiger partial charge on any atom is 0.139 e. The van der Waals surface area contributed by atoms with Gasteiger partial charge in [-0.05, 0) is 17.7 Å². The van der Waals surface area contributed by atoms with Gasteiger partial charge in [0.2, 0.25) is 0 Å². The van der Waals surface area contributed by atoms with E-state index in [9.17, 15) is 5.11 Å². The Morgan fingerprint density at radius 3 is 2.63 bits per heavy atom. The van der Waals surface area contributed by atoms with Gasteiger partial charge >= 0.3 is 0 Å². The Morgan fingerprint density at radius 2 is 2.00 bits per heavy atom. The lowest BCUT2D eigenvalue weighted by atomic mass is 10.1. The molecule has 102 valence electrons. The van der Waals surface area contributed by atoms with Crippen molar-refractivity contribution in [2.75, 3.05) is 39.5 Å². The minimum Gasteiger partial charge on any atom is -0.492 e. The van der Waals surface area contributed by atoms with Crippen LogP contribution in [-0.4, -0.2) is 49.5 Å². The van der Waals surface area contributed by atoms with Crippen molar-refractivity contribution in [1.29, 1.82) is 0 Å². The molecule has 0 amide bonds. The number of nitrogens with zero attached hydrogens (tertiary/aromatic N) is 1. The van der Waals surface area contributed by atoms with Crippen molar-refractivity contribution < 1.29 is 14.6 Å². The largest absolute Gasteiger partial charge is 0.492 e. The molecule has 0 bridgehead atoms. The van der Waals surface area contributed by atoms with Gasteiger partial charge in [0.05, 0.1) is 13.2 Å². The molecule has 0 spiro atoms. The summed E-state index contributed by atoms with van der Waals surface area (Å²) < 4.78 is 10.9. The van der Waals surface area contributed by atoms with Gasteiger partial charge in [-0.3, -0.25) is 4.90 Å². The quantitative estimate of drug-likeness (QED) is 0.805. The molecule has 0 radical (unpaired) electrons. The molecule has 1 fully saturated rings. The van der Waals surface area contributed by atoms with E-state index in [-0.39, 0.29) is 0 Å². The highest BCUT2D eigenvalue weighted by molar-refractivity contribution is 5.31. The number of aliphatic hydroxyl groups is 1. The highest BCUT2D eigenvalue weighted by Crippen LogP contribution is 2.17. The first-order valence-corrected chi connectivity index (χ1v) is 6.46. The molecule has 19 heavy (non-hydrogen) atoms. The van der Waals surface area contributed by atoms with E-state index in [0.717, 1.165) is 38.6 Å². The summed E-state index contributed by atoms with van der Waals surface area (Å²) in [6, 6.07) is 7.23. The van der Waals surface area contributed by atoms with E-state index >= 15 is 0 Å². The molecule has 1 aromatic carbocycles. The number of terminal acetylenes is 1. The molecule has 0 aromatic heterocycles. The highest BCUT2D eigenvalue weighted by atomic mass is 16.5. The molecule has 4 nitrogen and oxygen atoms in total. The number of rotatable bonds is 5. The maximum atomic E-state index is 9.47. The minimum atomic E-state index is -0.845. The van der Waals surface area contributed by atoms with E-state index in [1.165, 1.54) is 0 Å². The van der Waals surface area contributed by atoms with Gasteiger partial charge in [-0.2, -0.15) is 0 Å². The molecule has 1 aromatic rings. The van der Waals surface area contributed by atoms with E-state index in [1.54, 1.807) is 12.1 Å². The SMILES string of the molecule is C#CC(O)c1ccc(OCCN2CCOCC2)cc1. The molecule has 1 aliphatic rings. The van der Waals surface area contributed by atoms with Crippen molar-refractivity contribution in [1.82, 2.24) is 4.90 Å². The molecule has 1 heterocycles. The molecule has 1 unspecified atom stereocenters. The van der Waals surface area contributed by atoms with Crippen LogP contribution in [0.1, 0.15) is 11.7 Å². The summed E-state index contributed by atoms with van der Waals surface area (Å²) in [5.74, 6) is 3.08. The molecule has 1 N–H and O–H groups in total. The Labute approximate surface area is 113 Å². The molecule has 1 saturated heterocycles. The molecular formula is C15H19NO3. The second kappa shape index (κ2) is 7.15. The summed E-state index contributed by atoms with van der Waals surface area (Å²) >= 11 is 0. The van der Waals surface area contributed by atoms with Crippen LogP contribution in [0.5, 0.6) is 5.75 Å². The molecule has 1 aliphatic heterocycles. The molecular weight excluding hydrogens is 242 g/mol. The third-order valence-corrected chi connectivity index (χ3v) is 3.13. The Morgan fingerprint density at radius 1 is 1.32 bits per heavy atom. The number of hydrogen-bond donors (Lipinski definition) is 1. The Balaban J connectivity index is 1.75.